The maximum Gasteiger partial charge on any atom is 0.123 e. The molecule has 0 saturated heterocycles. The number of hydrogen-bond donors (Lipinski definition) is 1. The van der Waals surface area contributed by atoms with Crippen molar-refractivity contribution in [3.8, 4) is 5.75 Å². The minimum atomic E-state index is 0.224. The topological polar surface area (TPSA) is 34.4 Å². The summed E-state index contributed by atoms with van der Waals surface area (Å²) in [5.41, 5.74) is 1.31. The van der Waals surface area contributed by atoms with Crippen LogP contribution in [-0.2, 0) is 6.42 Å². The molecule has 0 bridgehead atoms. The van der Waals surface area contributed by atoms with Gasteiger partial charge in [0.15, 0.2) is 0 Å². The molecule has 1 N–H and O–H groups in total. The molecular formula is C16H19NO2. The highest BCUT2D eigenvalue weighted by molar-refractivity contribution is 5.37. The Morgan fingerprint density at radius 2 is 2.16 bits per heavy atom. The van der Waals surface area contributed by atoms with Gasteiger partial charge in [-0.3, -0.25) is 0 Å². The van der Waals surface area contributed by atoms with Gasteiger partial charge in [-0.1, -0.05) is 25.1 Å². The predicted molar refractivity (Wildman–Crippen MR) is 74.3 cm³/mol. The van der Waals surface area contributed by atoms with Gasteiger partial charge in [-0.25, -0.2) is 0 Å². The van der Waals surface area contributed by atoms with E-state index in [-0.39, 0.29) is 12.1 Å². The van der Waals surface area contributed by atoms with E-state index in [4.69, 9.17) is 9.15 Å². The summed E-state index contributed by atoms with van der Waals surface area (Å²) >= 11 is 0. The number of hydrogen-bond acceptors (Lipinski definition) is 3. The Balaban J connectivity index is 1.56. The average Bonchev–Trinajstić information content (AvgIpc) is 3.08. The van der Waals surface area contributed by atoms with Crippen LogP contribution in [0.1, 0.15) is 30.7 Å². The van der Waals surface area contributed by atoms with Crippen molar-refractivity contribution in [3.63, 3.8) is 0 Å². The lowest BCUT2D eigenvalue weighted by Gasteiger charge is -2.17. The van der Waals surface area contributed by atoms with E-state index in [1.54, 1.807) is 6.26 Å². The van der Waals surface area contributed by atoms with Crippen LogP contribution in [0.15, 0.2) is 47.1 Å². The van der Waals surface area contributed by atoms with Crippen LogP contribution < -0.4 is 10.1 Å². The molecule has 3 heteroatoms. The van der Waals surface area contributed by atoms with Crippen LogP contribution in [-0.4, -0.2) is 12.6 Å². The van der Waals surface area contributed by atoms with Gasteiger partial charge in [0.05, 0.1) is 12.3 Å². The number of benzene rings is 1. The molecule has 3 rings (SSSR count). The summed E-state index contributed by atoms with van der Waals surface area (Å²) in [6, 6.07) is 12.5. The quantitative estimate of drug-likeness (QED) is 0.892. The smallest absolute Gasteiger partial charge is 0.123 e. The molecule has 0 saturated carbocycles. The second-order valence-electron chi connectivity index (χ2n) is 4.94. The third-order valence-corrected chi connectivity index (χ3v) is 3.60. The third kappa shape index (κ3) is 2.66. The molecule has 0 radical (unpaired) electrons. The first kappa shape index (κ1) is 12.3. The molecule has 0 fully saturated rings. The molecule has 1 aliphatic rings. The van der Waals surface area contributed by atoms with Crippen LogP contribution in [0.5, 0.6) is 5.75 Å². The molecule has 0 aliphatic carbocycles. The molecule has 1 aromatic carbocycles. The fourth-order valence-electron chi connectivity index (χ4n) is 2.58. The molecular weight excluding hydrogens is 238 g/mol. The van der Waals surface area contributed by atoms with Crippen molar-refractivity contribution in [2.75, 3.05) is 6.54 Å². The zero-order valence-corrected chi connectivity index (χ0v) is 11.1. The van der Waals surface area contributed by atoms with E-state index < -0.39 is 0 Å². The Labute approximate surface area is 113 Å². The van der Waals surface area contributed by atoms with Gasteiger partial charge in [0, 0.05) is 13.0 Å². The largest absolute Gasteiger partial charge is 0.488 e. The number of nitrogens with one attached hydrogen (secondary N) is 1. The van der Waals surface area contributed by atoms with E-state index >= 15 is 0 Å². The second-order valence-corrected chi connectivity index (χ2v) is 4.94. The zero-order valence-electron chi connectivity index (χ0n) is 11.1. The molecule has 0 amide bonds. The molecule has 1 aliphatic heterocycles. The first-order chi connectivity index (χ1) is 9.36. The predicted octanol–water partition coefficient (Wildman–Crippen LogP) is 3.32. The molecule has 19 heavy (non-hydrogen) atoms. The van der Waals surface area contributed by atoms with Crippen LogP contribution >= 0.6 is 0 Å². The summed E-state index contributed by atoms with van der Waals surface area (Å²) in [6.07, 6.45) is 3.94. The Morgan fingerprint density at radius 1 is 1.26 bits per heavy atom. The van der Waals surface area contributed by atoms with Gasteiger partial charge >= 0.3 is 0 Å². The maximum atomic E-state index is 5.93. The van der Waals surface area contributed by atoms with Crippen molar-refractivity contribution in [1.29, 1.82) is 0 Å². The first-order valence-corrected chi connectivity index (χ1v) is 6.88. The van der Waals surface area contributed by atoms with Crippen LogP contribution in [0.25, 0.3) is 0 Å². The number of para-hydroxylation sites is 1. The summed E-state index contributed by atoms with van der Waals surface area (Å²) in [5, 5.41) is 3.53. The fourth-order valence-corrected chi connectivity index (χ4v) is 2.58. The Bertz CT molecular complexity index is 496. The number of rotatable bonds is 5. The molecule has 0 spiro atoms. The van der Waals surface area contributed by atoms with E-state index in [9.17, 15) is 0 Å². The van der Waals surface area contributed by atoms with Crippen LogP contribution in [0.3, 0.4) is 0 Å². The highest BCUT2D eigenvalue weighted by Gasteiger charge is 2.23. The zero-order chi connectivity index (χ0) is 13.1. The van der Waals surface area contributed by atoms with Crippen molar-refractivity contribution < 1.29 is 9.15 Å². The van der Waals surface area contributed by atoms with Gasteiger partial charge < -0.3 is 14.5 Å². The van der Waals surface area contributed by atoms with Crippen molar-refractivity contribution in [2.45, 2.75) is 31.9 Å². The minimum Gasteiger partial charge on any atom is -0.488 e. The molecule has 3 nitrogen and oxygen atoms in total. The summed E-state index contributed by atoms with van der Waals surface area (Å²) in [4.78, 5) is 0. The average molecular weight is 257 g/mol. The Morgan fingerprint density at radius 3 is 2.89 bits per heavy atom. The summed E-state index contributed by atoms with van der Waals surface area (Å²) in [5.74, 6) is 2.03. The van der Waals surface area contributed by atoms with Gasteiger partial charge in [0.1, 0.15) is 17.6 Å². The van der Waals surface area contributed by atoms with Gasteiger partial charge in [-0.2, -0.15) is 0 Å². The maximum absolute atomic E-state index is 5.93. The normalized spacial score (nSPS) is 18.9. The Kier molecular flexibility index (Phi) is 3.56. The minimum absolute atomic E-state index is 0.224. The van der Waals surface area contributed by atoms with Crippen molar-refractivity contribution in [3.05, 3.63) is 54.0 Å². The summed E-state index contributed by atoms with van der Waals surface area (Å²) in [6.45, 7) is 3.00. The van der Waals surface area contributed by atoms with Gasteiger partial charge in [0.25, 0.3) is 0 Å². The lowest BCUT2D eigenvalue weighted by Crippen LogP contribution is -2.32. The SMILES string of the molecule is CCC(NCC1Cc2ccccc2O1)c1ccco1. The number of fused-ring (bicyclic) bond motifs is 1. The van der Waals surface area contributed by atoms with Gasteiger partial charge in [-0.15, -0.1) is 0 Å². The Hall–Kier alpha value is -1.74. The lowest BCUT2D eigenvalue weighted by molar-refractivity contribution is 0.217. The molecule has 2 aromatic rings. The molecule has 100 valence electrons. The van der Waals surface area contributed by atoms with E-state index in [2.05, 4.69) is 24.4 Å². The van der Waals surface area contributed by atoms with E-state index in [0.717, 1.165) is 30.9 Å². The number of furan rings is 1. The molecule has 2 heterocycles. The van der Waals surface area contributed by atoms with Crippen LogP contribution in [0.2, 0.25) is 0 Å². The number of ether oxygens (including phenoxy) is 1. The monoisotopic (exact) mass is 257 g/mol. The lowest BCUT2D eigenvalue weighted by atomic mass is 10.1. The van der Waals surface area contributed by atoms with Crippen LogP contribution in [0.4, 0.5) is 0 Å². The molecule has 2 unspecified atom stereocenters. The van der Waals surface area contributed by atoms with Crippen molar-refractivity contribution in [2.24, 2.45) is 0 Å². The third-order valence-electron chi connectivity index (χ3n) is 3.60. The van der Waals surface area contributed by atoms with Gasteiger partial charge in [0.2, 0.25) is 0 Å². The molecule has 1 aromatic heterocycles. The summed E-state index contributed by atoms with van der Waals surface area (Å²) in [7, 11) is 0. The fraction of sp³-hybridized carbons (Fsp3) is 0.375. The van der Waals surface area contributed by atoms with E-state index in [1.807, 2.05) is 24.3 Å². The van der Waals surface area contributed by atoms with Crippen molar-refractivity contribution in [1.82, 2.24) is 5.32 Å². The standard InChI is InChI=1S/C16H19NO2/c1-2-14(16-8-5-9-18-16)17-11-13-10-12-6-3-4-7-15(12)19-13/h3-9,13-14,17H,2,10-11H2,1H3. The highest BCUT2D eigenvalue weighted by Crippen LogP contribution is 2.28. The van der Waals surface area contributed by atoms with Crippen molar-refractivity contribution >= 4 is 0 Å². The molecule has 2 atom stereocenters. The van der Waals surface area contributed by atoms with E-state index in [0.29, 0.717) is 0 Å². The van der Waals surface area contributed by atoms with E-state index in [1.165, 1.54) is 5.56 Å². The summed E-state index contributed by atoms with van der Waals surface area (Å²) < 4.78 is 11.4. The van der Waals surface area contributed by atoms with Crippen LogP contribution in [0, 0.1) is 0 Å². The van der Waals surface area contributed by atoms with Gasteiger partial charge in [-0.05, 0) is 30.2 Å². The highest BCUT2D eigenvalue weighted by atomic mass is 16.5. The first-order valence-electron chi connectivity index (χ1n) is 6.88. The second kappa shape index (κ2) is 5.49.